The minimum Gasteiger partial charge on any atom is -0.478 e. The van der Waals surface area contributed by atoms with Crippen molar-refractivity contribution in [1.29, 1.82) is 0 Å². The summed E-state index contributed by atoms with van der Waals surface area (Å²) in [6.45, 7) is 11.8. The van der Waals surface area contributed by atoms with E-state index in [9.17, 15) is 29.4 Å². The molecule has 0 bridgehead atoms. The van der Waals surface area contributed by atoms with Crippen molar-refractivity contribution in [3.8, 4) is 22.9 Å². The number of aromatic carboxylic acids is 2. The fourth-order valence-electron chi connectivity index (χ4n) is 5.27. The van der Waals surface area contributed by atoms with Gasteiger partial charge in [-0.05, 0) is 24.3 Å². The lowest BCUT2D eigenvalue weighted by molar-refractivity contribution is -0.121. The van der Waals surface area contributed by atoms with E-state index in [0.29, 0.717) is 25.2 Å². The predicted octanol–water partition coefficient (Wildman–Crippen LogP) is 7.66. The molecular formula is C35H34N14O8S4. The molecule has 6 rings (SSSR count). The van der Waals surface area contributed by atoms with Crippen LogP contribution in [0.15, 0.2) is 65.5 Å². The van der Waals surface area contributed by atoms with Gasteiger partial charge in [-0.1, -0.05) is 87.7 Å². The van der Waals surface area contributed by atoms with Crippen LogP contribution >= 0.6 is 46.2 Å². The van der Waals surface area contributed by atoms with Crippen LogP contribution in [0.4, 0.5) is 33.3 Å². The first-order valence-electron chi connectivity index (χ1n) is 17.4. The van der Waals surface area contributed by atoms with Crippen molar-refractivity contribution in [2.75, 3.05) is 16.6 Å². The summed E-state index contributed by atoms with van der Waals surface area (Å²) in [5, 5.41) is 63.3. The summed E-state index contributed by atoms with van der Waals surface area (Å²) in [6, 6.07) is 7.92. The second-order valence-corrected chi connectivity index (χ2v) is 19.2. The molecule has 0 saturated heterocycles. The van der Waals surface area contributed by atoms with Gasteiger partial charge in [0.2, 0.25) is 0 Å². The molecule has 61 heavy (non-hydrogen) atoms. The quantitative estimate of drug-likeness (QED) is 0.0313. The van der Waals surface area contributed by atoms with Crippen LogP contribution in [0.2, 0.25) is 0 Å². The number of nitrogens with two attached hydrogens (primary N) is 2. The van der Waals surface area contributed by atoms with Crippen LogP contribution in [-0.2, 0) is 20.4 Å². The van der Waals surface area contributed by atoms with Gasteiger partial charge >= 0.3 is 11.9 Å². The Labute approximate surface area is 361 Å². The number of aromatic nitrogens is 8. The molecular weight excluding hydrogens is 873 g/mol. The lowest BCUT2D eigenvalue weighted by atomic mass is 9.91. The zero-order chi connectivity index (χ0) is 44.2. The first-order valence-corrected chi connectivity index (χ1v) is 21.0. The molecule has 0 fully saturated rings. The van der Waals surface area contributed by atoms with Crippen LogP contribution in [0, 0.1) is 0 Å². The van der Waals surface area contributed by atoms with Crippen molar-refractivity contribution in [2.45, 2.75) is 61.1 Å². The number of azo groups is 2. The monoisotopic (exact) mass is 906 g/mol. The van der Waals surface area contributed by atoms with E-state index in [-0.39, 0.29) is 80.2 Å². The SMILES string of the molecule is CC(C)(C)c1nn(-c2cc(OC=O)cc(C(=O)O)c2)c(N)c1N=Nc1nnc(SCSc2nnc(N=Nc3c(C(C)(C)C)nn(-c4cc(OC=O)cc(C(=O)O)c4)c3N)s2)s1. The molecule has 0 aliphatic heterocycles. The second-order valence-electron chi connectivity index (χ2n) is 14.5. The Hall–Kier alpha value is -6.64. The van der Waals surface area contributed by atoms with Crippen molar-refractivity contribution in [2.24, 2.45) is 20.5 Å². The fourth-order valence-corrected chi connectivity index (χ4v) is 9.10. The van der Waals surface area contributed by atoms with E-state index < -0.39 is 22.8 Å². The number of thioether (sulfide) groups is 2. The summed E-state index contributed by atoms with van der Waals surface area (Å²) in [5.74, 6) is -2.37. The Morgan fingerprint density at radius 1 is 0.672 bits per heavy atom. The molecule has 6 N–H and O–H groups in total. The number of carbonyl (C=O) groups is 4. The first kappa shape index (κ1) is 43.9. The Balaban J connectivity index is 1.14. The summed E-state index contributed by atoms with van der Waals surface area (Å²) in [4.78, 5) is 45.5. The molecule has 316 valence electrons. The molecule has 0 amide bonds. The van der Waals surface area contributed by atoms with Gasteiger partial charge in [0.1, 0.15) is 11.5 Å². The molecule has 4 heterocycles. The van der Waals surface area contributed by atoms with Crippen LogP contribution in [-0.4, -0.2) is 80.1 Å². The third-order valence-electron chi connectivity index (χ3n) is 7.97. The number of anilines is 2. The van der Waals surface area contributed by atoms with Crippen LogP contribution in [0.3, 0.4) is 0 Å². The maximum absolute atomic E-state index is 11.8. The third kappa shape index (κ3) is 10.2. The average molecular weight is 907 g/mol. The van der Waals surface area contributed by atoms with Gasteiger partial charge in [0.15, 0.2) is 31.7 Å². The molecule has 22 nitrogen and oxygen atoms in total. The highest BCUT2D eigenvalue weighted by atomic mass is 32.2. The van der Waals surface area contributed by atoms with E-state index in [1.165, 1.54) is 92.0 Å². The van der Waals surface area contributed by atoms with Gasteiger partial charge in [0.25, 0.3) is 23.2 Å². The van der Waals surface area contributed by atoms with Crippen LogP contribution in [0.25, 0.3) is 11.4 Å². The van der Waals surface area contributed by atoms with E-state index in [4.69, 9.17) is 20.9 Å². The Morgan fingerprint density at radius 3 is 1.41 bits per heavy atom. The topological polar surface area (TPSA) is 316 Å². The Bertz CT molecular complexity index is 2530. The number of nitrogens with zero attached hydrogens (tertiary/aromatic N) is 12. The van der Waals surface area contributed by atoms with Gasteiger partial charge in [-0.15, -0.1) is 40.9 Å². The van der Waals surface area contributed by atoms with Crippen LogP contribution in [0.1, 0.15) is 73.6 Å². The van der Waals surface area contributed by atoms with E-state index >= 15 is 0 Å². The number of hydrogen-bond donors (Lipinski definition) is 4. The highest BCUT2D eigenvalue weighted by Crippen LogP contribution is 2.41. The molecule has 0 aliphatic rings. The minimum absolute atomic E-state index is 0.00985. The molecule has 0 spiro atoms. The largest absolute Gasteiger partial charge is 0.478 e. The minimum atomic E-state index is -1.24. The zero-order valence-corrected chi connectivity index (χ0v) is 36.1. The number of ether oxygens (including phenoxy) is 2. The third-order valence-corrected chi connectivity index (χ3v) is 12.0. The van der Waals surface area contributed by atoms with E-state index in [2.05, 4.69) is 51.0 Å². The summed E-state index contributed by atoms with van der Waals surface area (Å²) in [6.07, 6.45) is 0. The lowest BCUT2D eigenvalue weighted by Crippen LogP contribution is -2.13. The molecule has 0 radical (unpaired) electrons. The van der Waals surface area contributed by atoms with Gasteiger partial charge in [-0.2, -0.15) is 10.2 Å². The van der Waals surface area contributed by atoms with Gasteiger partial charge in [-0.3, -0.25) is 9.59 Å². The van der Waals surface area contributed by atoms with E-state index in [1.54, 1.807) is 0 Å². The number of benzene rings is 2. The van der Waals surface area contributed by atoms with Crippen molar-refractivity contribution >= 4 is 104 Å². The molecule has 0 aliphatic carbocycles. The number of rotatable bonds is 16. The fraction of sp³-hybridized carbons (Fsp3) is 0.257. The summed E-state index contributed by atoms with van der Waals surface area (Å²) >= 11 is 5.15. The molecule has 26 heteroatoms. The zero-order valence-electron chi connectivity index (χ0n) is 32.8. The molecule has 0 unspecified atom stereocenters. The molecule has 2 aromatic carbocycles. The maximum atomic E-state index is 11.8. The van der Waals surface area contributed by atoms with Gasteiger partial charge in [0, 0.05) is 23.0 Å². The van der Waals surface area contributed by atoms with Crippen molar-refractivity contribution in [3.63, 3.8) is 0 Å². The smallest absolute Gasteiger partial charge is 0.335 e. The average Bonchev–Trinajstić information content (AvgIpc) is 3.99. The maximum Gasteiger partial charge on any atom is 0.335 e. The Kier molecular flexibility index (Phi) is 12.9. The van der Waals surface area contributed by atoms with Gasteiger partial charge in [-0.25, -0.2) is 19.0 Å². The predicted molar refractivity (Wildman–Crippen MR) is 225 cm³/mol. The number of hydrogen-bond acceptors (Lipinski definition) is 22. The molecule has 4 aromatic heterocycles. The number of nitrogen functional groups attached to an aromatic ring is 2. The van der Waals surface area contributed by atoms with Crippen molar-refractivity contribution in [3.05, 3.63) is 58.9 Å². The standard InChI is InChI=1S/C35H34N14O8S4/c1-34(2,3)24-22(26(36)48(46-24)18-7-16(28(52)53)9-20(11-18)56-13-50)38-40-30-42-44-32(60-30)58-15-59-33-45-43-31(61-33)41-39-23-25(35(4,5)6)47-49(27(23)37)19-8-17(29(54)55)10-21(12-19)57-14-51/h7-14H,15,36-37H2,1-6H3,(H,52,53)(H,54,55). The first-order chi connectivity index (χ1) is 28.9. The van der Waals surface area contributed by atoms with E-state index in [0.717, 1.165) is 0 Å². The number of carboxylic acids is 2. The van der Waals surface area contributed by atoms with Crippen molar-refractivity contribution < 1.29 is 38.9 Å². The van der Waals surface area contributed by atoms with Gasteiger partial charge in [0.05, 0.1) is 39.0 Å². The van der Waals surface area contributed by atoms with Crippen LogP contribution in [0.5, 0.6) is 11.5 Å². The Morgan fingerprint density at radius 2 is 1.07 bits per heavy atom. The van der Waals surface area contributed by atoms with Crippen molar-refractivity contribution in [1.82, 2.24) is 40.0 Å². The number of carbonyl (C=O) groups excluding carboxylic acids is 2. The summed E-state index contributed by atoms with van der Waals surface area (Å²) in [7, 11) is 0. The number of carboxylic acid groups (broad SMARTS) is 2. The normalized spacial score (nSPS) is 12.0. The highest BCUT2D eigenvalue weighted by Gasteiger charge is 2.29. The van der Waals surface area contributed by atoms with Crippen LogP contribution < -0.4 is 20.9 Å². The van der Waals surface area contributed by atoms with E-state index in [1.807, 2.05) is 41.5 Å². The molecule has 0 atom stereocenters. The molecule has 0 saturated carbocycles. The highest BCUT2D eigenvalue weighted by molar-refractivity contribution is 8.17. The molecule has 6 aromatic rings. The van der Waals surface area contributed by atoms with Gasteiger partial charge < -0.3 is 31.2 Å². The summed E-state index contributed by atoms with van der Waals surface area (Å²) < 4.78 is 13.6. The lowest BCUT2D eigenvalue weighted by Gasteiger charge is -2.15. The summed E-state index contributed by atoms with van der Waals surface area (Å²) in [5.41, 5.74) is 13.5. The second kappa shape index (κ2) is 17.9.